The van der Waals surface area contributed by atoms with Crippen LogP contribution < -0.4 is 9.80 Å². The Morgan fingerprint density at radius 3 is 2.27 bits per heavy atom. The van der Waals surface area contributed by atoms with Crippen LogP contribution in [0.5, 0.6) is 0 Å². The third kappa shape index (κ3) is 4.76. The number of hydrogen-bond acceptors (Lipinski definition) is 3. The molecule has 0 radical (unpaired) electrons. The van der Waals surface area contributed by atoms with Crippen molar-refractivity contribution in [2.24, 2.45) is 0 Å². The van der Waals surface area contributed by atoms with Crippen molar-refractivity contribution in [1.29, 1.82) is 0 Å². The number of amides is 2. The first-order chi connectivity index (χ1) is 21.5. The fourth-order valence-electron chi connectivity index (χ4n) is 6.37. The number of aromatic nitrogens is 3. The van der Waals surface area contributed by atoms with Crippen LogP contribution in [0.3, 0.4) is 0 Å². The van der Waals surface area contributed by atoms with Crippen molar-refractivity contribution in [2.45, 2.75) is 32.2 Å². The van der Waals surface area contributed by atoms with Gasteiger partial charge in [0.2, 0.25) is 11.8 Å². The third-order valence-corrected chi connectivity index (χ3v) is 8.36. The molecule has 4 aromatic carbocycles. The Labute approximate surface area is 256 Å². The van der Waals surface area contributed by atoms with Crippen LogP contribution in [0.2, 0.25) is 0 Å². The van der Waals surface area contributed by atoms with E-state index in [0.717, 1.165) is 39.1 Å². The highest BCUT2D eigenvalue weighted by Gasteiger charge is 2.38. The molecule has 1 aliphatic heterocycles. The van der Waals surface area contributed by atoms with Crippen LogP contribution in [-0.2, 0) is 16.0 Å². The molecule has 1 N–H and O–H groups in total. The quantitative estimate of drug-likeness (QED) is 0.219. The summed E-state index contributed by atoms with van der Waals surface area (Å²) < 4.78 is 2.10. The molecule has 7 rings (SSSR count). The number of rotatable bonds is 7. The summed E-state index contributed by atoms with van der Waals surface area (Å²) in [6.45, 7) is 3.88. The molecule has 3 heterocycles. The van der Waals surface area contributed by atoms with Crippen LogP contribution in [0.25, 0.3) is 27.8 Å². The molecular formula is C37H33N5O2. The van der Waals surface area contributed by atoms with Crippen molar-refractivity contribution in [3.8, 4) is 16.9 Å². The average molecular weight is 580 g/mol. The summed E-state index contributed by atoms with van der Waals surface area (Å²) in [4.78, 5) is 40.7. The molecule has 0 aliphatic carbocycles. The van der Waals surface area contributed by atoms with Gasteiger partial charge in [0, 0.05) is 34.4 Å². The second kappa shape index (κ2) is 11.3. The van der Waals surface area contributed by atoms with Gasteiger partial charge in [-0.05, 0) is 56.2 Å². The molecular weight excluding hydrogens is 546 g/mol. The first-order valence-corrected chi connectivity index (χ1v) is 15.0. The van der Waals surface area contributed by atoms with Gasteiger partial charge < -0.3 is 14.8 Å². The van der Waals surface area contributed by atoms with Gasteiger partial charge in [0.15, 0.2) is 0 Å². The second-order valence-corrected chi connectivity index (χ2v) is 11.4. The molecule has 0 saturated heterocycles. The largest absolute Gasteiger partial charge is 0.361 e. The van der Waals surface area contributed by atoms with Crippen LogP contribution in [0.15, 0.2) is 122 Å². The number of aromatic amines is 1. The molecule has 6 aromatic rings. The van der Waals surface area contributed by atoms with Gasteiger partial charge in [0.05, 0.1) is 23.3 Å². The van der Waals surface area contributed by atoms with Crippen LogP contribution in [0.1, 0.15) is 31.2 Å². The highest BCUT2D eigenvalue weighted by atomic mass is 16.2. The summed E-state index contributed by atoms with van der Waals surface area (Å²) in [6, 6.07) is 35.6. The summed E-state index contributed by atoms with van der Waals surface area (Å²) in [6.07, 6.45) is 4.26. The highest BCUT2D eigenvalue weighted by Crippen LogP contribution is 2.40. The lowest BCUT2D eigenvalue weighted by molar-refractivity contribution is -0.123. The number of H-pyrrole nitrogens is 1. The zero-order valence-electron chi connectivity index (χ0n) is 24.7. The van der Waals surface area contributed by atoms with Crippen molar-refractivity contribution in [2.75, 3.05) is 16.3 Å². The van der Waals surface area contributed by atoms with E-state index in [1.165, 1.54) is 0 Å². The minimum atomic E-state index is -0.629. The molecule has 0 fully saturated rings. The Hall–Kier alpha value is -5.43. The lowest BCUT2D eigenvalue weighted by atomic mass is 9.96. The number of carbonyl (C=O) groups excluding carboxylic acids is 2. The van der Waals surface area contributed by atoms with Crippen molar-refractivity contribution in [1.82, 2.24) is 14.5 Å². The maximum Gasteiger partial charge on any atom is 0.247 e. The molecule has 1 unspecified atom stereocenters. The first kappa shape index (κ1) is 27.4. The molecule has 218 valence electrons. The van der Waals surface area contributed by atoms with Crippen molar-refractivity contribution in [3.05, 3.63) is 133 Å². The van der Waals surface area contributed by atoms with E-state index >= 15 is 0 Å². The van der Waals surface area contributed by atoms with Gasteiger partial charge >= 0.3 is 0 Å². The van der Waals surface area contributed by atoms with E-state index in [0.29, 0.717) is 17.9 Å². The van der Waals surface area contributed by atoms with E-state index in [1.807, 2.05) is 117 Å². The zero-order chi connectivity index (χ0) is 30.2. The van der Waals surface area contributed by atoms with Gasteiger partial charge in [-0.3, -0.25) is 14.2 Å². The Kier molecular flexibility index (Phi) is 7.06. The monoisotopic (exact) mass is 579 g/mol. The molecule has 0 bridgehead atoms. The average Bonchev–Trinajstić information content (AvgIpc) is 3.65. The van der Waals surface area contributed by atoms with Crippen molar-refractivity contribution < 1.29 is 9.59 Å². The van der Waals surface area contributed by atoms with Gasteiger partial charge in [0.25, 0.3) is 0 Å². The smallest absolute Gasteiger partial charge is 0.247 e. The number of carbonyl (C=O) groups is 2. The fourth-order valence-corrected chi connectivity index (χ4v) is 6.37. The predicted octanol–water partition coefficient (Wildman–Crippen LogP) is 7.14. The molecule has 1 aliphatic rings. The SMILES string of the molecule is CC(C)N(C(=O)CN1C(=O)C(Cc2c[nH]c3ccccc23)c2ncc(-c3ccccc3)n2-c2ccccc21)c1ccccc1. The summed E-state index contributed by atoms with van der Waals surface area (Å²) in [5, 5.41) is 1.07. The third-order valence-electron chi connectivity index (χ3n) is 8.36. The van der Waals surface area contributed by atoms with Crippen molar-refractivity contribution in [3.63, 3.8) is 0 Å². The number of nitrogens with one attached hydrogen (secondary N) is 1. The number of nitrogens with zero attached hydrogens (tertiary/aromatic N) is 4. The number of anilines is 2. The summed E-state index contributed by atoms with van der Waals surface area (Å²) in [5.41, 5.74) is 6.24. The van der Waals surface area contributed by atoms with E-state index in [4.69, 9.17) is 4.98 Å². The molecule has 0 spiro atoms. The van der Waals surface area contributed by atoms with E-state index < -0.39 is 5.92 Å². The molecule has 0 saturated carbocycles. The van der Waals surface area contributed by atoms with Crippen LogP contribution in [-0.4, -0.2) is 38.9 Å². The van der Waals surface area contributed by atoms with Crippen LogP contribution >= 0.6 is 0 Å². The molecule has 7 heteroatoms. The minimum absolute atomic E-state index is 0.0932. The van der Waals surface area contributed by atoms with Gasteiger partial charge in [-0.1, -0.05) is 78.9 Å². The van der Waals surface area contributed by atoms with Crippen molar-refractivity contribution >= 4 is 34.1 Å². The summed E-state index contributed by atoms with van der Waals surface area (Å²) in [5.74, 6) is -0.277. The number of fused-ring (bicyclic) bond motifs is 4. The van der Waals surface area contributed by atoms with Gasteiger partial charge in [0.1, 0.15) is 18.3 Å². The summed E-state index contributed by atoms with van der Waals surface area (Å²) in [7, 11) is 0. The first-order valence-electron chi connectivity index (χ1n) is 15.0. The Morgan fingerprint density at radius 1 is 0.864 bits per heavy atom. The standard InChI is InChI=1S/C37H33N5O2/c1-25(2)41(28-15-7-4-8-16-28)35(43)24-40-32-19-11-12-20-33(32)42-34(26-13-5-3-6-14-26)23-39-36(42)30(37(40)44)21-27-22-38-31-18-10-9-17-29(27)31/h3-20,22-23,25,30,38H,21,24H2,1-2H3. The van der Waals surface area contributed by atoms with E-state index in [-0.39, 0.29) is 24.4 Å². The van der Waals surface area contributed by atoms with Gasteiger partial charge in [-0.25, -0.2) is 4.98 Å². The second-order valence-electron chi connectivity index (χ2n) is 11.4. The van der Waals surface area contributed by atoms with E-state index in [9.17, 15) is 9.59 Å². The molecule has 44 heavy (non-hydrogen) atoms. The maximum absolute atomic E-state index is 14.8. The normalized spacial score (nSPS) is 14.4. The number of para-hydroxylation sites is 4. The maximum atomic E-state index is 14.8. The Balaban J connectivity index is 1.38. The lowest BCUT2D eigenvalue weighted by Gasteiger charge is -2.31. The van der Waals surface area contributed by atoms with Crippen LogP contribution in [0, 0.1) is 0 Å². The molecule has 7 nitrogen and oxygen atoms in total. The van der Waals surface area contributed by atoms with E-state index in [2.05, 4.69) is 27.8 Å². The highest BCUT2D eigenvalue weighted by molar-refractivity contribution is 6.08. The summed E-state index contributed by atoms with van der Waals surface area (Å²) >= 11 is 0. The number of benzene rings is 4. The molecule has 1 atom stereocenters. The minimum Gasteiger partial charge on any atom is -0.361 e. The zero-order valence-corrected chi connectivity index (χ0v) is 24.7. The van der Waals surface area contributed by atoms with Gasteiger partial charge in [-0.15, -0.1) is 0 Å². The Bertz CT molecular complexity index is 1960. The fraction of sp³-hybridized carbons (Fsp3) is 0.162. The van der Waals surface area contributed by atoms with Crippen LogP contribution in [0.4, 0.5) is 11.4 Å². The topological polar surface area (TPSA) is 74.2 Å². The Morgan fingerprint density at radius 2 is 1.52 bits per heavy atom. The lowest BCUT2D eigenvalue weighted by Crippen LogP contribution is -2.47. The number of hydrogen-bond donors (Lipinski definition) is 1. The molecule has 2 aromatic heterocycles. The number of imidazole rings is 1. The predicted molar refractivity (Wildman–Crippen MR) is 175 cm³/mol. The molecule has 2 amide bonds. The van der Waals surface area contributed by atoms with Gasteiger partial charge in [-0.2, -0.15) is 0 Å². The van der Waals surface area contributed by atoms with E-state index in [1.54, 1.807) is 9.80 Å².